The van der Waals surface area contributed by atoms with Crippen LogP contribution in [0.2, 0.25) is 0 Å². The maximum atomic E-state index is 14.6. The highest BCUT2D eigenvalue weighted by Gasteiger charge is 2.54. The monoisotopic (exact) mass is 399 g/mol. The average molecular weight is 399 g/mol. The zero-order chi connectivity index (χ0) is 19.8. The molecule has 1 aromatic carbocycles. The molecule has 0 aliphatic carbocycles. The van der Waals surface area contributed by atoms with Crippen molar-refractivity contribution in [1.82, 2.24) is 5.32 Å². The third-order valence-electron chi connectivity index (χ3n) is 4.50. The molecule has 2 heterocycles. The van der Waals surface area contributed by atoms with Crippen molar-refractivity contribution < 1.29 is 23.0 Å². The molecule has 0 saturated carbocycles. The van der Waals surface area contributed by atoms with Crippen molar-refractivity contribution in [1.29, 1.82) is 0 Å². The molecule has 3 rings (SSSR count). The first-order valence-corrected chi connectivity index (χ1v) is 9.59. The molecule has 1 saturated heterocycles. The van der Waals surface area contributed by atoms with Gasteiger partial charge in [-0.3, -0.25) is 5.32 Å². The molecule has 0 bridgehead atoms. The first-order valence-electron chi connectivity index (χ1n) is 8.60. The Morgan fingerprint density at radius 1 is 1.52 bits per heavy atom. The number of alkyl carbamates (subject to hydrolysis) is 1. The molecule has 2 aliphatic rings. The lowest BCUT2D eigenvalue weighted by atomic mass is 9.79. The normalized spacial score (nSPS) is 27.7. The second-order valence-corrected chi connectivity index (χ2v) is 8.64. The van der Waals surface area contributed by atoms with Gasteiger partial charge < -0.3 is 15.2 Å². The molecule has 0 aromatic heterocycles. The number of aliphatic imine (C=N–C) groups is 1. The summed E-state index contributed by atoms with van der Waals surface area (Å²) in [5, 5.41) is 2.88. The van der Waals surface area contributed by atoms with Crippen molar-refractivity contribution in [3.63, 3.8) is 0 Å². The SMILES string of the molecule is CC(C)(C)OC(=O)NC1=NC2(c3cc(N)ccc3F)COC(CF)C2CS1. The molecule has 3 N–H and O–H groups in total. The Morgan fingerprint density at radius 3 is 2.93 bits per heavy atom. The van der Waals surface area contributed by atoms with Crippen molar-refractivity contribution in [3.05, 3.63) is 29.6 Å². The van der Waals surface area contributed by atoms with E-state index in [2.05, 4.69) is 10.3 Å². The van der Waals surface area contributed by atoms with Crippen LogP contribution in [-0.2, 0) is 15.0 Å². The van der Waals surface area contributed by atoms with Crippen molar-refractivity contribution in [2.24, 2.45) is 10.9 Å². The van der Waals surface area contributed by atoms with Crippen LogP contribution >= 0.6 is 11.8 Å². The molecule has 27 heavy (non-hydrogen) atoms. The molecular weight excluding hydrogens is 376 g/mol. The quantitative estimate of drug-likeness (QED) is 0.746. The molecule has 6 nitrogen and oxygen atoms in total. The number of hydrogen-bond acceptors (Lipinski definition) is 6. The number of alkyl halides is 1. The molecular formula is C18H23F2N3O3S. The summed E-state index contributed by atoms with van der Waals surface area (Å²) < 4.78 is 38.9. The number of anilines is 1. The van der Waals surface area contributed by atoms with Crippen LogP contribution in [0.15, 0.2) is 23.2 Å². The van der Waals surface area contributed by atoms with Gasteiger partial charge in [0.2, 0.25) is 0 Å². The van der Waals surface area contributed by atoms with Crippen molar-refractivity contribution >= 4 is 28.7 Å². The highest BCUT2D eigenvalue weighted by atomic mass is 32.2. The molecule has 1 fully saturated rings. The average Bonchev–Trinajstić information content (AvgIpc) is 2.94. The van der Waals surface area contributed by atoms with Gasteiger partial charge in [-0.25, -0.2) is 18.6 Å². The zero-order valence-corrected chi connectivity index (χ0v) is 16.2. The molecule has 2 aliphatic heterocycles. The minimum Gasteiger partial charge on any atom is -0.444 e. The van der Waals surface area contributed by atoms with Crippen molar-refractivity contribution in [2.45, 2.75) is 38.0 Å². The summed E-state index contributed by atoms with van der Waals surface area (Å²) in [6.07, 6.45) is -1.35. The minimum atomic E-state index is -1.15. The predicted octanol–water partition coefficient (Wildman–Crippen LogP) is 3.22. The number of carbonyl (C=O) groups excluding carboxylic acids is 1. The number of thioether (sulfide) groups is 1. The van der Waals surface area contributed by atoms with Crippen LogP contribution in [0.1, 0.15) is 26.3 Å². The van der Waals surface area contributed by atoms with E-state index in [4.69, 9.17) is 15.2 Å². The first kappa shape index (κ1) is 19.9. The lowest BCUT2D eigenvalue weighted by Crippen LogP contribution is -2.45. The van der Waals surface area contributed by atoms with Crippen LogP contribution in [-0.4, -0.2) is 42.0 Å². The number of nitrogens with one attached hydrogen (secondary N) is 1. The van der Waals surface area contributed by atoms with Crippen LogP contribution in [0, 0.1) is 11.7 Å². The number of amides is 1. The highest BCUT2D eigenvalue weighted by molar-refractivity contribution is 8.13. The fourth-order valence-electron chi connectivity index (χ4n) is 3.33. The summed E-state index contributed by atoms with van der Waals surface area (Å²) in [7, 11) is 0. The summed E-state index contributed by atoms with van der Waals surface area (Å²) in [6, 6.07) is 4.21. The standard InChI is InChI=1S/C18H23F2N3O3S/c1-17(2,3)26-16(24)22-15-23-18(11-6-10(21)4-5-13(11)20)9-25-14(7-19)12(18)8-27-15/h4-6,12,14H,7-9,21H2,1-3H3,(H,22,23,24). The number of halogens is 2. The van der Waals surface area contributed by atoms with E-state index in [-0.39, 0.29) is 23.3 Å². The third kappa shape index (κ3) is 4.03. The van der Waals surface area contributed by atoms with Gasteiger partial charge >= 0.3 is 6.09 Å². The zero-order valence-electron chi connectivity index (χ0n) is 15.4. The van der Waals surface area contributed by atoms with Crippen molar-refractivity contribution in [3.8, 4) is 0 Å². The van der Waals surface area contributed by atoms with E-state index in [1.165, 1.54) is 30.0 Å². The Morgan fingerprint density at radius 2 is 2.26 bits per heavy atom. The molecule has 9 heteroatoms. The van der Waals surface area contributed by atoms with E-state index in [9.17, 15) is 13.6 Å². The molecule has 1 amide bonds. The number of rotatable bonds is 2. The van der Waals surface area contributed by atoms with Gasteiger partial charge in [-0.15, -0.1) is 0 Å². The van der Waals surface area contributed by atoms with Gasteiger partial charge in [0.05, 0.1) is 12.7 Å². The molecule has 0 spiro atoms. The van der Waals surface area contributed by atoms with Gasteiger partial charge in [-0.1, -0.05) is 11.8 Å². The van der Waals surface area contributed by atoms with E-state index in [0.717, 1.165) is 0 Å². The van der Waals surface area contributed by atoms with Gasteiger partial charge in [0, 0.05) is 22.9 Å². The second kappa shape index (κ2) is 7.27. The summed E-state index contributed by atoms with van der Waals surface area (Å²) in [5.74, 6) is -0.463. The second-order valence-electron chi connectivity index (χ2n) is 7.63. The predicted molar refractivity (Wildman–Crippen MR) is 101 cm³/mol. The Bertz CT molecular complexity index is 769. The number of benzene rings is 1. The van der Waals surface area contributed by atoms with Crippen molar-refractivity contribution in [2.75, 3.05) is 24.8 Å². The maximum absolute atomic E-state index is 14.6. The van der Waals surface area contributed by atoms with Gasteiger partial charge in [0.25, 0.3) is 0 Å². The summed E-state index contributed by atoms with van der Waals surface area (Å²) in [6.45, 7) is 4.56. The largest absolute Gasteiger partial charge is 0.444 e. The smallest absolute Gasteiger partial charge is 0.413 e. The lowest BCUT2D eigenvalue weighted by molar-refractivity contribution is 0.0564. The number of nitrogens with zero attached hydrogens (tertiary/aromatic N) is 1. The number of nitrogens with two attached hydrogens (primary N) is 1. The fourth-order valence-corrected chi connectivity index (χ4v) is 4.54. The molecule has 0 radical (unpaired) electrons. The third-order valence-corrected chi connectivity index (χ3v) is 5.49. The van der Waals surface area contributed by atoms with E-state index in [0.29, 0.717) is 11.4 Å². The first-order chi connectivity index (χ1) is 12.6. The number of carbonyl (C=O) groups is 1. The summed E-state index contributed by atoms with van der Waals surface area (Å²) >= 11 is 1.25. The fraction of sp³-hybridized carbons (Fsp3) is 0.556. The van der Waals surface area contributed by atoms with Gasteiger partial charge in [0.15, 0.2) is 5.17 Å². The Kier molecular flexibility index (Phi) is 5.36. The number of ether oxygens (including phenoxy) is 2. The summed E-state index contributed by atoms with van der Waals surface area (Å²) in [5.41, 5.74) is 4.64. The van der Waals surface area contributed by atoms with E-state index in [1.54, 1.807) is 20.8 Å². The van der Waals surface area contributed by atoms with Crippen LogP contribution in [0.4, 0.5) is 19.3 Å². The highest BCUT2D eigenvalue weighted by Crippen LogP contribution is 2.48. The number of fused-ring (bicyclic) bond motifs is 1. The Balaban J connectivity index is 1.98. The Labute approximate surface area is 160 Å². The minimum absolute atomic E-state index is 0.00663. The number of amidine groups is 1. The maximum Gasteiger partial charge on any atom is 0.413 e. The van der Waals surface area contributed by atoms with Crippen LogP contribution in [0.3, 0.4) is 0 Å². The lowest BCUT2D eigenvalue weighted by Gasteiger charge is -2.36. The van der Waals surface area contributed by atoms with Gasteiger partial charge in [0.1, 0.15) is 23.6 Å². The van der Waals surface area contributed by atoms with Crippen LogP contribution < -0.4 is 11.1 Å². The van der Waals surface area contributed by atoms with Gasteiger partial charge in [-0.2, -0.15) is 0 Å². The van der Waals surface area contributed by atoms with Crippen LogP contribution in [0.25, 0.3) is 0 Å². The Hall–Kier alpha value is -1.87. The topological polar surface area (TPSA) is 85.9 Å². The molecule has 3 unspecified atom stereocenters. The molecule has 148 valence electrons. The number of nitrogen functional groups attached to an aromatic ring is 1. The molecule has 3 atom stereocenters. The number of hydrogen-bond donors (Lipinski definition) is 2. The van der Waals surface area contributed by atoms with E-state index < -0.39 is 35.8 Å². The van der Waals surface area contributed by atoms with E-state index >= 15 is 0 Å². The van der Waals surface area contributed by atoms with Gasteiger partial charge in [-0.05, 0) is 39.0 Å². The van der Waals surface area contributed by atoms with E-state index in [1.807, 2.05) is 0 Å². The molecule has 1 aromatic rings. The van der Waals surface area contributed by atoms with Crippen LogP contribution in [0.5, 0.6) is 0 Å². The summed E-state index contributed by atoms with van der Waals surface area (Å²) in [4.78, 5) is 16.7.